The third-order valence-corrected chi connectivity index (χ3v) is 8.88. The number of aliphatic imine (C=N–C) groups is 1. The van der Waals surface area contributed by atoms with Gasteiger partial charge in [-0.2, -0.15) is 0 Å². The van der Waals surface area contributed by atoms with Crippen LogP contribution >= 0.6 is 0 Å². The summed E-state index contributed by atoms with van der Waals surface area (Å²) in [4.78, 5) is 18.7. The summed E-state index contributed by atoms with van der Waals surface area (Å²) in [7, 11) is -0.640. The molecule has 230 valence electrons. The molecule has 0 unspecified atom stereocenters. The third-order valence-electron chi connectivity index (χ3n) is 7.15. The molecule has 3 aromatic carbocycles. The van der Waals surface area contributed by atoms with Crippen molar-refractivity contribution in [3.8, 4) is 17.2 Å². The van der Waals surface area contributed by atoms with E-state index >= 15 is 0 Å². The molecule has 4 rings (SSSR count). The van der Waals surface area contributed by atoms with Crippen LogP contribution in [-0.4, -0.2) is 70.2 Å². The van der Waals surface area contributed by atoms with Gasteiger partial charge in [0.15, 0.2) is 26.9 Å². The minimum Gasteiger partial charge on any atom is -0.494 e. The van der Waals surface area contributed by atoms with Gasteiger partial charge >= 0.3 is 0 Å². The third kappa shape index (κ3) is 7.45. The lowest BCUT2D eigenvalue weighted by molar-refractivity contribution is -0.129. The Kier molecular flexibility index (Phi) is 10.6. The number of carbonyl (C=O) groups is 1. The highest BCUT2D eigenvalue weighted by molar-refractivity contribution is 7.91. The summed E-state index contributed by atoms with van der Waals surface area (Å²) in [5.41, 5.74) is 5.44. The molecule has 1 heterocycles. The number of aliphatic hydroxyl groups is 1. The van der Waals surface area contributed by atoms with Crippen LogP contribution in [0, 0.1) is 0 Å². The quantitative estimate of drug-likeness (QED) is 0.174. The number of carbonyl (C=O) groups excluding carboxylic acids is 1. The highest BCUT2D eigenvalue weighted by atomic mass is 32.2. The van der Waals surface area contributed by atoms with Gasteiger partial charge < -0.3 is 24.1 Å². The summed E-state index contributed by atoms with van der Waals surface area (Å²) < 4.78 is 48.9. The van der Waals surface area contributed by atoms with E-state index in [4.69, 9.17) is 29.0 Å². The molecule has 1 aliphatic heterocycles. The number of ether oxygens (including phenoxy) is 4. The molecule has 12 heteroatoms. The van der Waals surface area contributed by atoms with Gasteiger partial charge in [0.2, 0.25) is 5.90 Å². The minimum absolute atomic E-state index is 0.0344. The molecule has 2 atom stereocenters. The van der Waals surface area contributed by atoms with Crippen molar-refractivity contribution in [2.75, 3.05) is 33.2 Å². The second-order valence-electron chi connectivity index (χ2n) is 9.89. The summed E-state index contributed by atoms with van der Waals surface area (Å²) in [6.07, 6.45) is -0.382. The van der Waals surface area contributed by atoms with Crippen LogP contribution in [0.5, 0.6) is 17.2 Å². The fourth-order valence-corrected chi connectivity index (χ4v) is 6.10. The van der Waals surface area contributed by atoms with Gasteiger partial charge in [-0.25, -0.2) is 18.8 Å². The predicted molar refractivity (Wildman–Crippen MR) is 161 cm³/mol. The molecule has 43 heavy (non-hydrogen) atoms. The van der Waals surface area contributed by atoms with E-state index in [9.17, 15) is 13.2 Å². The van der Waals surface area contributed by atoms with Crippen molar-refractivity contribution in [1.82, 2.24) is 10.9 Å². The van der Waals surface area contributed by atoms with Crippen molar-refractivity contribution >= 4 is 21.6 Å². The first-order valence-electron chi connectivity index (χ1n) is 13.9. The molecular formula is C31H37N3O8S. The zero-order valence-corrected chi connectivity index (χ0v) is 25.2. The van der Waals surface area contributed by atoms with E-state index in [0.717, 1.165) is 5.56 Å². The lowest BCUT2D eigenvalue weighted by Crippen LogP contribution is -2.55. The number of amides is 1. The molecule has 0 aromatic heterocycles. The van der Waals surface area contributed by atoms with Gasteiger partial charge in [0, 0.05) is 30.7 Å². The monoisotopic (exact) mass is 611 g/mol. The number of hydrazine groups is 1. The van der Waals surface area contributed by atoms with Crippen LogP contribution < -0.4 is 25.1 Å². The van der Waals surface area contributed by atoms with Crippen LogP contribution in [0.4, 0.5) is 0 Å². The Morgan fingerprint density at radius 1 is 1.02 bits per heavy atom. The van der Waals surface area contributed by atoms with E-state index in [1.165, 1.54) is 19.2 Å². The summed E-state index contributed by atoms with van der Waals surface area (Å²) in [6.45, 7) is 2.31. The predicted octanol–water partition coefficient (Wildman–Crippen LogP) is 3.05. The van der Waals surface area contributed by atoms with Gasteiger partial charge in [0.05, 0.1) is 31.5 Å². The first-order chi connectivity index (χ1) is 20.7. The standard InChI is InChI=1S/C31H37N3O8S/c1-22-31(17-20-43(37,38)26-10-5-4-6-11-26,30(36)34-32-21-24-9-7-12-27(39-2)28(24)40-3)33-29(42-22)23-13-15-25(16-14-23)41-19-8-18-35/h4-7,9-16,22,32,35H,8,17-21H2,1-3H3,(H,34,36)/t22-,31-/m0/s1. The number of nitrogens with zero attached hydrogens (tertiary/aromatic N) is 1. The summed E-state index contributed by atoms with van der Waals surface area (Å²) in [6, 6.07) is 20.5. The summed E-state index contributed by atoms with van der Waals surface area (Å²) in [5.74, 6) is 1.04. The molecule has 3 N–H and O–H groups in total. The Hall–Kier alpha value is -4.13. The molecule has 11 nitrogen and oxygen atoms in total. The van der Waals surface area contributed by atoms with E-state index in [-0.39, 0.29) is 36.1 Å². The first kappa shape index (κ1) is 31.8. The molecule has 0 saturated carbocycles. The van der Waals surface area contributed by atoms with Crippen LogP contribution in [0.25, 0.3) is 0 Å². The van der Waals surface area contributed by atoms with E-state index in [0.29, 0.717) is 35.8 Å². The van der Waals surface area contributed by atoms with Gasteiger partial charge in [0.25, 0.3) is 5.91 Å². The average Bonchev–Trinajstić information content (AvgIpc) is 3.37. The summed E-state index contributed by atoms with van der Waals surface area (Å²) >= 11 is 0. The average molecular weight is 612 g/mol. The van der Waals surface area contributed by atoms with Crippen molar-refractivity contribution in [3.63, 3.8) is 0 Å². The Morgan fingerprint density at radius 3 is 2.44 bits per heavy atom. The Morgan fingerprint density at radius 2 is 1.77 bits per heavy atom. The number of hydrogen-bond acceptors (Lipinski definition) is 10. The molecular weight excluding hydrogens is 574 g/mol. The van der Waals surface area contributed by atoms with Crippen molar-refractivity contribution in [1.29, 1.82) is 0 Å². The van der Waals surface area contributed by atoms with Crippen LogP contribution in [0.1, 0.15) is 30.9 Å². The second kappa shape index (κ2) is 14.4. The fourth-order valence-electron chi connectivity index (χ4n) is 4.71. The van der Waals surface area contributed by atoms with Crippen molar-refractivity contribution < 1.29 is 37.3 Å². The maximum Gasteiger partial charge on any atom is 0.266 e. The van der Waals surface area contributed by atoms with E-state index < -0.39 is 27.4 Å². The van der Waals surface area contributed by atoms with Gasteiger partial charge in [-0.05, 0) is 55.8 Å². The molecule has 0 fully saturated rings. The molecule has 0 bridgehead atoms. The lowest BCUT2D eigenvalue weighted by atomic mass is 9.90. The lowest BCUT2D eigenvalue weighted by Gasteiger charge is -2.28. The molecule has 0 radical (unpaired) electrons. The Balaban J connectivity index is 1.58. The number of methoxy groups -OCH3 is 2. The van der Waals surface area contributed by atoms with Gasteiger partial charge in [0.1, 0.15) is 11.9 Å². The highest BCUT2D eigenvalue weighted by Gasteiger charge is 2.50. The molecule has 0 aliphatic carbocycles. The minimum atomic E-state index is -3.71. The number of para-hydroxylation sites is 1. The largest absolute Gasteiger partial charge is 0.494 e. The second-order valence-corrected chi connectivity index (χ2v) is 12.0. The van der Waals surface area contributed by atoms with Crippen LogP contribution in [0.15, 0.2) is 82.7 Å². The molecule has 0 saturated heterocycles. The summed E-state index contributed by atoms with van der Waals surface area (Å²) in [5, 5.41) is 8.97. The number of benzene rings is 3. The Labute approximate surface area is 251 Å². The number of nitrogens with one attached hydrogen (secondary N) is 2. The zero-order chi connectivity index (χ0) is 30.9. The van der Waals surface area contributed by atoms with Crippen molar-refractivity contribution in [2.24, 2.45) is 4.99 Å². The highest BCUT2D eigenvalue weighted by Crippen LogP contribution is 2.34. The SMILES string of the molecule is COc1cccc(CNNC(=O)[C@@]2(CCS(=O)(=O)c3ccccc3)N=C(c3ccc(OCCCO)cc3)O[C@H]2C)c1OC. The van der Waals surface area contributed by atoms with Gasteiger partial charge in [-0.15, -0.1) is 0 Å². The molecule has 1 aliphatic rings. The van der Waals surface area contributed by atoms with Crippen LogP contribution in [-0.2, 0) is 25.9 Å². The van der Waals surface area contributed by atoms with Crippen molar-refractivity contribution in [3.05, 3.63) is 83.9 Å². The Bertz CT molecular complexity index is 1510. The van der Waals surface area contributed by atoms with Crippen molar-refractivity contribution in [2.45, 2.75) is 42.8 Å². The normalized spacial score (nSPS) is 18.0. The maximum atomic E-state index is 13.8. The topological polar surface area (TPSA) is 145 Å². The maximum absolute atomic E-state index is 13.8. The van der Waals surface area contributed by atoms with Crippen LogP contribution in [0.3, 0.4) is 0 Å². The molecule has 0 spiro atoms. The van der Waals surface area contributed by atoms with Crippen LogP contribution in [0.2, 0.25) is 0 Å². The van der Waals surface area contributed by atoms with E-state index in [1.807, 2.05) is 12.1 Å². The van der Waals surface area contributed by atoms with Gasteiger partial charge in [-0.1, -0.05) is 30.3 Å². The molecule has 3 aromatic rings. The number of rotatable bonds is 15. The molecule has 1 amide bonds. The number of aliphatic hydroxyl groups excluding tert-OH is 1. The zero-order valence-electron chi connectivity index (χ0n) is 24.4. The van der Waals surface area contributed by atoms with Gasteiger partial charge in [-0.3, -0.25) is 10.2 Å². The van der Waals surface area contributed by atoms with E-state index in [2.05, 4.69) is 10.9 Å². The smallest absolute Gasteiger partial charge is 0.266 e. The number of hydrogen-bond donors (Lipinski definition) is 3. The first-order valence-corrected chi connectivity index (χ1v) is 15.5. The van der Waals surface area contributed by atoms with E-state index in [1.54, 1.807) is 62.6 Å². The fraction of sp³-hybridized carbons (Fsp3) is 0.355. The number of sulfone groups is 1.